The quantitative estimate of drug-likeness (QED) is 0.626. The van der Waals surface area contributed by atoms with E-state index in [0.29, 0.717) is 11.2 Å². The normalized spacial score (nSPS) is 17.1. The number of hydrogen-bond acceptors (Lipinski definition) is 5. The number of nitrogens with one attached hydrogen (secondary N) is 1. The van der Waals surface area contributed by atoms with Gasteiger partial charge in [-0.25, -0.2) is 4.98 Å². The van der Waals surface area contributed by atoms with Crippen molar-refractivity contribution in [3.8, 4) is 0 Å². The van der Waals surface area contributed by atoms with Crippen LogP contribution >= 0.6 is 35.0 Å². The van der Waals surface area contributed by atoms with Gasteiger partial charge < -0.3 is 5.32 Å². The first-order valence-corrected chi connectivity index (χ1v) is 10.0. The predicted octanol–water partition coefficient (Wildman–Crippen LogP) is 4.74. The van der Waals surface area contributed by atoms with Crippen LogP contribution in [-0.2, 0) is 15.8 Å². The monoisotopic (exact) mass is 463 g/mol. The molecule has 1 aliphatic heterocycles. The van der Waals surface area contributed by atoms with Gasteiger partial charge in [-0.1, -0.05) is 23.2 Å². The van der Waals surface area contributed by atoms with Gasteiger partial charge in [0.15, 0.2) is 0 Å². The minimum Gasteiger partial charge on any atom is -0.367 e. The van der Waals surface area contributed by atoms with E-state index in [-0.39, 0.29) is 42.2 Å². The maximum absolute atomic E-state index is 12.6. The van der Waals surface area contributed by atoms with Gasteiger partial charge in [-0.05, 0) is 30.3 Å². The van der Waals surface area contributed by atoms with Crippen LogP contribution in [0.15, 0.2) is 41.4 Å². The molecule has 5 nitrogen and oxygen atoms in total. The van der Waals surface area contributed by atoms with Gasteiger partial charge in [-0.3, -0.25) is 14.5 Å². The van der Waals surface area contributed by atoms with Crippen LogP contribution in [0.25, 0.3) is 0 Å². The zero-order valence-corrected chi connectivity index (χ0v) is 17.0. The summed E-state index contributed by atoms with van der Waals surface area (Å²) in [6.45, 7) is 0.155. The molecule has 1 aliphatic rings. The zero-order chi connectivity index (χ0) is 21.2. The Balaban J connectivity index is 1.56. The number of anilines is 1. The minimum absolute atomic E-state index is 0.0471. The van der Waals surface area contributed by atoms with Crippen LogP contribution in [0.4, 0.5) is 19.0 Å². The molecule has 0 saturated carbocycles. The van der Waals surface area contributed by atoms with Gasteiger partial charge in [0.1, 0.15) is 5.82 Å². The third-order valence-corrected chi connectivity index (χ3v) is 5.83. The van der Waals surface area contributed by atoms with E-state index in [2.05, 4.69) is 10.3 Å². The first-order valence-electron chi connectivity index (χ1n) is 8.38. The Morgan fingerprint density at radius 2 is 1.90 bits per heavy atom. The van der Waals surface area contributed by atoms with Crippen LogP contribution in [0.1, 0.15) is 12.0 Å². The van der Waals surface area contributed by atoms with Crippen LogP contribution in [0.2, 0.25) is 10.0 Å². The molecular formula is C18H14Cl2F3N3O2S. The smallest absolute Gasteiger partial charge is 0.367 e. The van der Waals surface area contributed by atoms with Crippen molar-refractivity contribution in [1.29, 1.82) is 0 Å². The predicted molar refractivity (Wildman–Crippen MR) is 105 cm³/mol. The molecule has 1 N–H and O–H groups in total. The number of pyridine rings is 1. The first-order chi connectivity index (χ1) is 13.6. The summed E-state index contributed by atoms with van der Waals surface area (Å²) in [7, 11) is 0. The Bertz CT molecular complexity index is 926. The second-order valence-electron chi connectivity index (χ2n) is 6.13. The molecule has 0 radical (unpaired) electrons. The maximum Gasteiger partial charge on any atom is 0.417 e. The number of alkyl halides is 3. The number of rotatable bonds is 6. The van der Waals surface area contributed by atoms with Gasteiger partial charge in [-0.2, -0.15) is 13.2 Å². The third-order valence-electron chi connectivity index (χ3n) is 4.09. The average molecular weight is 464 g/mol. The van der Waals surface area contributed by atoms with Gasteiger partial charge in [0.05, 0.1) is 15.8 Å². The number of nitrogens with zero attached hydrogens (tertiary/aromatic N) is 2. The van der Waals surface area contributed by atoms with Crippen LogP contribution < -0.4 is 5.32 Å². The number of hydrogen-bond donors (Lipinski definition) is 1. The number of thioether (sulfide) groups is 1. The molecule has 2 heterocycles. The highest BCUT2D eigenvalue weighted by molar-refractivity contribution is 8.00. The number of halogens is 5. The Hall–Kier alpha value is -1.97. The molecular weight excluding hydrogens is 450 g/mol. The van der Waals surface area contributed by atoms with E-state index >= 15 is 0 Å². The fourth-order valence-electron chi connectivity index (χ4n) is 2.67. The lowest BCUT2D eigenvalue weighted by Gasteiger charge is -2.16. The number of carbonyl (C=O) groups excluding carboxylic acids is 2. The summed E-state index contributed by atoms with van der Waals surface area (Å²) < 4.78 is 37.9. The lowest BCUT2D eigenvalue weighted by Crippen LogP contribution is -2.35. The lowest BCUT2D eigenvalue weighted by molar-refractivity contribution is -0.139. The maximum atomic E-state index is 12.6. The first kappa shape index (κ1) is 21.7. The summed E-state index contributed by atoms with van der Waals surface area (Å²) in [5, 5.41) is 2.60. The minimum atomic E-state index is -4.54. The van der Waals surface area contributed by atoms with E-state index in [0.717, 1.165) is 15.9 Å². The molecule has 3 rings (SSSR count). The molecule has 29 heavy (non-hydrogen) atoms. The number of imide groups is 1. The van der Waals surface area contributed by atoms with E-state index in [1.807, 2.05) is 0 Å². The van der Waals surface area contributed by atoms with E-state index < -0.39 is 17.0 Å². The van der Waals surface area contributed by atoms with Crippen molar-refractivity contribution in [2.45, 2.75) is 22.7 Å². The molecule has 0 bridgehead atoms. The van der Waals surface area contributed by atoms with Crippen molar-refractivity contribution in [2.75, 3.05) is 18.4 Å². The third kappa shape index (κ3) is 5.34. The molecule has 154 valence electrons. The van der Waals surface area contributed by atoms with Crippen molar-refractivity contribution < 1.29 is 22.8 Å². The zero-order valence-electron chi connectivity index (χ0n) is 14.7. The highest BCUT2D eigenvalue weighted by Gasteiger charge is 2.38. The fourth-order valence-corrected chi connectivity index (χ4v) is 4.10. The molecule has 0 unspecified atom stereocenters. The summed E-state index contributed by atoms with van der Waals surface area (Å²) >= 11 is 12.9. The number of carbonyl (C=O) groups is 2. The summed E-state index contributed by atoms with van der Waals surface area (Å²) in [4.78, 5) is 30.3. The van der Waals surface area contributed by atoms with E-state index in [1.165, 1.54) is 11.8 Å². The van der Waals surface area contributed by atoms with E-state index in [9.17, 15) is 22.8 Å². The van der Waals surface area contributed by atoms with E-state index in [4.69, 9.17) is 23.2 Å². The number of amides is 2. The van der Waals surface area contributed by atoms with Crippen molar-refractivity contribution in [3.05, 3.63) is 52.1 Å². The summed E-state index contributed by atoms with van der Waals surface area (Å²) in [6.07, 6.45) is -3.80. The lowest BCUT2D eigenvalue weighted by atomic mass is 10.3. The van der Waals surface area contributed by atoms with Crippen LogP contribution in [-0.4, -0.2) is 40.0 Å². The summed E-state index contributed by atoms with van der Waals surface area (Å²) in [5.74, 6) is -0.580. The fraction of sp³-hybridized carbons (Fsp3) is 0.278. The molecule has 0 spiro atoms. The topological polar surface area (TPSA) is 62.3 Å². The van der Waals surface area contributed by atoms with Gasteiger partial charge >= 0.3 is 6.18 Å². The van der Waals surface area contributed by atoms with Crippen molar-refractivity contribution in [1.82, 2.24) is 9.88 Å². The Morgan fingerprint density at radius 3 is 2.52 bits per heavy atom. The molecule has 1 aromatic heterocycles. The standard InChI is InChI=1S/C18H14Cl2F3N3O2S/c19-11-1-3-12(4-2-11)29-14-8-15(27)26(17(14)28)6-5-24-16-13(20)7-10(9-25-16)18(21,22)23/h1-4,7,9,14H,5-6,8H2,(H,24,25)/t14-/m1/s1. The highest BCUT2D eigenvalue weighted by atomic mass is 35.5. The van der Waals surface area contributed by atoms with Crippen molar-refractivity contribution >= 4 is 52.6 Å². The average Bonchev–Trinajstić information content (AvgIpc) is 2.91. The highest BCUT2D eigenvalue weighted by Crippen LogP contribution is 2.33. The van der Waals surface area contributed by atoms with Crippen LogP contribution in [0.3, 0.4) is 0 Å². The van der Waals surface area contributed by atoms with Gasteiger partial charge in [0, 0.05) is 35.6 Å². The van der Waals surface area contributed by atoms with Gasteiger partial charge in [-0.15, -0.1) is 11.8 Å². The van der Waals surface area contributed by atoms with Crippen molar-refractivity contribution in [2.24, 2.45) is 0 Å². The van der Waals surface area contributed by atoms with E-state index in [1.54, 1.807) is 24.3 Å². The second kappa shape index (κ2) is 8.81. The van der Waals surface area contributed by atoms with Gasteiger partial charge in [0.2, 0.25) is 11.8 Å². The van der Waals surface area contributed by atoms with Gasteiger partial charge in [0.25, 0.3) is 0 Å². The Kier molecular flexibility index (Phi) is 6.60. The largest absolute Gasteiger partial charge is 0.417 e. The SMILES string of the molecule is O=C1C[C@@H](Sc2ccc(Cl)cc2)C(=O)N1CCNc1ncc(C(F)(F)F)cc1Cl. The number of aromatic nitrogens is 1. The molecule has 1 atom stereocenters. The Morgan fingerprint density at radius 1 is 1.21 bits per heavy atom. The summed E-state index contributed by atoms with van der Waals surface area (Å²) in [5.41, 5.74) is -0.958. The molecule has 2 aromatic rings. The number of likely N-dealkylation sites (tertiary alicyclic amines) is 1. The molecule has 0 aliphatic carbocycles. The molecule has 1 fully saturated rings. The van der Waals surface area contributed by atoms with Crippen LogP contribution in [0.5, 0.6) is 0 Å². The summed E-state index contributed by atoms with van der Waals surface area (Å²) in [6, 6.07) is 7.71. The van der Waals surface area contributed by atoms with Crippen molar-refractivity contribution in [3.63, 3.8) is 0 Å². The Labute approximate surface area is 178 Å². The molecule has 2 amide bonds. The second-order valence-corrected chi connectivity index (χ2v) is 8.25. The molecule has 11 heteroatoms. The van der Waals surface area contributed by atoms with Crippen LogP contribution in [0, 0.1) is 0 Å². The molecule has 1 aromatic carbocycles. The number of benzene rings is 1. The molecule has 1 saturated heterocycles.